The predicted octanol–water partition coefficient (Wildman–Crippen LogP) is 2.81. The lowest BCUT2D eigenvalue weighted by Gasteiger charge is -2.30. The number of aliphatic carboxylic acids is 1. The van der Waals surface area contributed by atoms with E-state index in [1.54, 1.807) is 13.2 Å². The van der Waals surface area contributed by atoms with Crippen LogP contribution in [0.4, 0.5) is 0 Å². The van der Waals surface area contributed by atoms with Gasteiger partial charge in [-0.25, -0.2) is 4.79 Å². The first kappa shape index (κ1) is 26.1. The summed E-state index contributed by atoms with van der Waals surface area (Å²) >= 11 is 0. The summed E-state index contributed by atoms with van der Waals surface area (Å²) in [4.78, 5) is 23.1. The van der Waals surface area contributed by atoms with Gasteiger partial charge in [-0.05, 0) is 30.2 Å². The molecule has 0 saturated carbocycles. The standard InChI is InChI=1S/C26H32N2O7/c1-28(2,10-5-11-34-19-8-6-17(7-9-19)12-21(27)26(30)31)16-18-13-25(29)35-22-15-24(33-4)23(32-3)14-20(18)22/h6-9,13-15,21H,5,10-12,16,27H2,1-4H3/p+1/t21-/m0/s1. The monoisotopic (exact) mass is 485 g/mol. The highest BCUT2D eigenvalue weighted by atomic mass is 16.5. The maximum atomic E-state index is 12.2. The topological polar surface area (TPSA) is 121 Å². The summed E-state index contributed by atoms with van der Waals surface area (Å²) in [5.41, 5.74) is 7.35. The van der Waals surface area contributed by atoms with Crippen molar-refractivity contribution >= 4 is 16.9 Å². The summed E-state index contributed by atoms with van der Waals surface area (Å²) in [7, 11) is 7.31. The third-order valence-corrected chi connectivity index (χ3v) is 5.81. The Labute approximate surface area is 204 Å². The van der Waals surface area contributed by atoms with Gasteiger partial charge < -0.3 is 34.0 Å². The summed E-state index contributed by atoms with van der Waals surface area (Å²) in [6, 6.07) is 11.4. The molecule has 0 saturated heterocycles. The van der Waals surface area contributed by atoms with E-state index in [1.807, 2.05) is 30.3 Å². The zero-order valence-electron chi connectivity index (χ0n) is 20.6. The molecule has 9 heteroatoms. The first-order chi connectivity index (χ1) is 16.6. The molecule has 0 unspecified atom stereocenters. The Balaban J connectivity index is 1.60. The molecule has 188 valence electrons. The maximum Gasteiger partial charge on any atom is 0.336 e. The minimum absolute atomic E-state index is 0.270. The van der Waals surface area contributed by atoms with Gasteiger partial charge in [-0.15, -0.1) is 0 Å². The normalized spacial score (nSPS) is 12.4. The highest BCUT2D eigenvalue weighted by Crippen LogP contribution is 2.33. The Morgan fingerprint density at radius 3 is 2.37 bits per heavy atom. The second-order valence-corrected chi connectivity index (χ2v) is 9.11. The number of carboxylic acids is 1. The molecule has 0 aliphatic heterocycles. The van der Waals surface area contributed by atoms with E-state index in [-0.39, 0.29) is 6.42 Å². The first-order valence-corrected chi connectivity index (χ1v) is 11.3. The minimum Gasteiger partial charge on any atom is -0.493 e. The molecule has 0 spiro atoms. The van der Waals surface area contributed by atoms with Gasteiger partial charge in [0.1, 0.15) is 23.9 Å². The first-order valence-electron chi connectivity index (χ1n) is 11.3. The quantitative estimate of drug-likeness (QED) is 0.228. The third-order valence-electron chi connectivity index (χ3n) is 5.81. The van der Waals surface area contributed by atoms with Crippen LogP contribution in [0.5, 0.6) is 17.2 Å². The average molecular weight is 486 g/mol. The van der Waals surface area contributed by atoms with Crippen LogP contribution >= 0.6 is 0 Å². The molecule has 3 aromatic rings. The van der Waals surface area contributed by atoms with Gasteiger partial charge in [0.15, 0.2) is 11.5 Å². The van der Waals surface area contributed by atoms with E-state index in [0.717, 1.165) is 35.2 Å². The lowest BCUT2D eigenvalue weighted by atomic mass is 10.1. The smallest absolute Gasteiger partial charge is 0.336 e. The fourth-order valence-corrected chi connectivity index (χ4v) is 3.97. The Kier molecular flexibility index (Phi) is 8.37. The molecule has 3 N–H and O–H groups in total. The third kappa shape index (κ3) is 6.97. The van der Waals surface area contributed by atoms with Gasteiger partial charge in [0.2, 0.25) is 0 Å². The van der Waals surface area contributed by atoms with Crippen LogP contribution in [-0.4, -0.2) is 63.1 Å². The zero-order chi connectivity index (χ0) is 25.6. The molecule has 0 bridgehead atoms. The molecule has 0 aliphatic rings. The van der Waals surface area contributed by atoms with Gasteiger partial charge in [0, 0.05) is 29.5 Å². The number of hydrogen-bond donors (Lipinski definition) is 2. The highest BCUT2D eigenvalue weighted by molar-refractivity contribution is 5.84. The van der Waals surface area contributed by atoms with Crippen molar-refractivity contribution in [2.24, 2.45) is 5.73 Å². The van der Waals surface area contributed by atoms with Crippen LogP contribution in [0.3, 0.4) is 0 Å². The Morgan fingerprint density at radius 2 is 1.74 bits per heavy atom. The number of benzene rings is 2. The summed E-state index contributed by atoms with van der Waals surface area (Å²) in [6.07, 6.45) is 1.07. The van der Waals surface area contributed by atoms with Crippen molar-refractivity contribution in [1.29, 1.82) is 0 Å². The van der Waals surface area contributed by atoms with Crippen molar-refractivity contribution in [2.45, 2.75) is 25.4 Å². The summed E-state index contributed by atoms with van der Waals surface area (Å²) in [5.74, 6) is 0.777. The Morgan fingerprint density at radius 1 is 1.09 bits per heavy atom. The van der Waals surface area contributed by atoms with Crippen LogP contribution in [-0.2, 0) is 17.8 Å². The molecule has 0 amide bonds. The molecule has 3 rings (SSSR count). The van der Waals surface area contributed by atoms with Crippen LogP contribution in [0.15, 0.2) is 51.7 Å². The molecule has 0 aliphatic carbocycles. The van der Waals surface area contributed by atoms with Crippen molar-refractivity contribution in [3.63, 3.8) is 0 Å². The number of carbonyl (C=O) groups is 1. The second-order valence-electron chi connectivity index (χ2n) is 9.11. The fourth-order valence-electron chi connectivity index (χ4n) is 3.97. The largest absolute Gasteiger partial charge is 0.493 e. The molecule has 0 fully saturated rings. The Bertz CT molecular complexity index is 1220. The summed E-state index contributed by atoms with van der Waals surface area (Å²) in [5, 5.41) is 9.74. The van der Waals surface area contributed by atoms with Crippen LogP contribution in [0, 0.1) is 0 Å². The minimum atomic E-state index is -1.02. The molecule has 1 heterocycles. The highest BCUT2D eigenvalue weighted by Gasteiger charge is 2.20. The Hall–Kier alpha value is -3.56. The van der Waals surface area contributed by atoms with E-state index >= 15 is 0 Å². The predicted molar refractivity (Wildman–Crippen MR) is 132 cm³/mol. The lowest BCUT2D eigenvalue weighted by molar-refractivity contribution is -0.903. The molecule has 9 nitrogen and oxygen atoms in total. The second kappa shape index (κ2) is 11.2. The fraction of sp³-hybridized carbons (Fsp3) is 0.385. The van der Waals surface area contributed by atoms with Crippen LogP contribution < -0.4 is 25.6 Å². The van der Waals surface area contributed by atoms with Gasteiger partial charge in [0.25, 0.3) is 0 Å². The van der Waals surface area contributed by atoms with E-state index in [9.17, 15) is 9.59 Å². The van der Waals surface area contributed by atoms with Gasteiger partial charge in [-0.3, -0.25) is 4.79 Å². The average Bonchev–Trinajstić information content (AvgIpc) is 2.81. The molecular formula is C26H33N2O7+. The van der Waals surface area contributed by atoms with E-state index in [0.29, 0.717) is 34.7 Å². The van der Waals surface area contributed by atoms with Gasteiger partial charge in [0.05, 0.1) is 41.5 Å². The summed E-state index contributed by atoms with van der Waals surface area (Å²) < 4.78 is 22.6. The lowest BCUT2D eigenvalue weighted by Crippen LogP contribution is -2.40. The number of ether oxygens (including phenoxy) is 3. The summed E-state index contributed by atoms with van der Waals surface area (Å²) in [6.45, 7) is 1.97. The van der Waals surface area contributed by atoms with E-state index < -0.39 is 17.6 Å². The molecule has 0 radical (unpaired) electrons. The molecule has 1 aromatic heterocycles. The van der Waals surface area contributed by atoms with Crippen LogP contribution in [0.2, 0.25) is 0 Å². The van der Waals surface area contributed by atoms with Crippen molar-refractivity contribution in [2.75, 3.05) is 41.5 Å². The zero-order valence-corrected chi connectivity index (χ0v) is 20.6. The van der Waals surface area contributed by atoms with E-state index in [2.05, 4.69) is 14.1 Å². The van der Waals surface area contributed by atoms with Crippen LogP contribution in [0.25, 0.3) is 11.0 Å². The van der Waals surface area contributed by atoms with Crippen molar-refractivity contribution < 1.29 is 33.0 Å². The number of fused-ring (bicyclic) bond motifs is 1. The van der Waals surface area contributed by atoms with Gasteiger partial charge in [-0.2, -0.15) is 0 Å². The maximum absolute atomic E-state index is 12.2. The number of nitrogens with zero attached hydrogens (tertiary/aromatic N) is 1. The van der Waals surface area contributed by atoms with Crippen molar-refractivity contribution in [1.82, 2.24) is 0 Å². The van der Waals surface area contributed by atoms with Gasteiger partial charge in [-0.1, -0.05) is 12.1 Å². The SMILES string of the molecule is COc1cc2oc(=O)cc(C[N+](C)(C)CCCOc3ccc(C[C@H](N)C(=O)O)cc3)c2cc1OC. The van der Waals surface area contributed by atoms with Crippen molar-refractivity contribution in [3.05, 3.63) is 64.0 Å². The van der Waals surface area contributed by atoms with Crippen LogP contribution in [0.1, 0.15) is 17.5 Å². The number of carboxylic acid groups (broad SMARTS) is 1. The molecular weight excluding hydrogens is 452 g/mol. The molecule has 1 atom stereocenters. The molecule has 2 aromatic carbocycles. The van der Waals surface area contributed by atoms with Gasteiger partial charge >= 0.3 is 11.6 Å². The number of hydrogen-bond acceptors (Lipinski definition) is 7. The number of nitrogens with two attached hydrogens (primary N) is 1. The van der Waals surface area contributed by atoms with Crippen molar-refractivity contribution in [3.8, 4) is 17.2 Å². The molecule has 35 heavy (non-hydrogen) atoms. The van der Waals surface area contributed by atoms with E-state index in [4.69, 9.17) is 29.5 Å². The number of methoxy groups -OCH3 is 2. The number of quaternary nitrogens is 1. The van der Waals surface area contributed by atoms with E-state index in [1.165, 1.54) is 13.2 Å². The number of rotatable bonds is 12.